The van der Waals surface area contributed by atoms with Crippen LogP contribution in [0.1, 0.15) is 46.2 Å². The van der Waals surface area contributed by atoms with Gasteiger partial charge in [0, 0.05) is 11.1 Å². The van der Waals surface area contributed by atoms with Crippen LogP contribution >= 0.6 is 0 Å². The third-order valence-electron chi connectivity index (χ3n) is 3.84. The van der Waals surface area contributed by atoms with Gasteiger partial charge in [-0.15, -0.1) is 0 Å². The van der Waals surface area contributed by atoms with Crippen LogP contribution < -0.4 is 15.8 Å². The number of methoxy groups -OCH3 is 1. The Morgan fingerprint density at radius 3 is 2.21 bits per heavy atom. The Morgan fingerprint density at radius 1 is 1.04 bits per heavy atom. The highest BCUT2D eigenvalue weighted by molar-refractivity contribution is 5.99. The number of carbonyl (C=O) groups excluding carboxylic acids is 2. The molecule has 126 valence electrons. The molecular formula is C19H22N2O3. The van der Waals surface area contributed by atoms with Crippen molar-refractivity contribution in [2.45, 2.75) is 19.9 Å². The van der Waals surface area contributed by atoms with Gasteiger partial charge in [0.1, 0.15) is 5.75 Å². The molecule has 2 amide bonds. The number of carbonyl (C=O) groups is 2. The Kier molecular flexibility index (Phi) is 5.58. The van der Waals surface area contributed by atoms with Crippen molar-refractivity contribution in [2.75, 3.05) is 7.11 Å². The van der Waals surface area contributed by atoms with Crippen molar-refractivity contribution in [3.63, 3.8) is 0 Å². The van der Waals surface area contributed by atoms with Crippen LogP contribution in [0.2, 0.25) is 0 Å². The minimum absolute atomic E-state index is 0.152. The van der Waals surface area contributed by atoms with E-state index in [4.69, 9.17) is 10.5 Å². The predicted molar refractivity (Wildman–Crippen MR) is 93.0 cm³/mol. The van der Waals surface area contributed by atoms with E-state index >= 15 is 0 Å². The topological polar surface area (TPSA) is 81.4 Å². The minimum Gasteiger partial charge on any atom is -0.497 e. The Bertz CT molecular complexity index is 724. The van der Waals surface area contributed by atoms with Gasteiger partial charge in [0.25, 0.3) is 5.91 Å². The summed E-state index contributed by atoms with van der Waals surface area (Å²) in [7, 11) is 1.61. The van der Waals surface area contributed by atoms with Crippen molar-refractivity contribution >= 4 is 11.8 Å². The number of amides is 2. The van der Waals surface area contributed by atoms with Crippen molar-refractivity contribution in [1.29, 1.82) is 0 Å². The van der Waals surface area contributed by atoms with Crippen LogP contribution in [0, 0.1) is 5.92 Å². The molecule has 2 rings (SSSR count). The quantitative estimate of drug-likeness (QED) is 0.856. The zero-order valence-corrected chi connectivity index (χ0v) is 14.1. The second-order valence-corrected chi connectivity index (χ2v) is 5.91. The van der Waals surface area contributed by atoms with Crippen LogP contribution in [0.4, 0.5) is 0 Å². The van der Waals surface area contributed by atoms with Crippen LogP contribution in [0.25, 0.3) is 0 Å². The molecule has 0 aliphatic heterocycles. The number of hydrogen-bond donors (Lipinski definition) is 2. The number of nitrogens with one attached hydrogen (secondary N) is 1. The summed E-state index contributed by atoms with van der Waals surface area (Å²) >= 11 is 0. The van der Waals surface area contributed by atoms with Gasteiger partial charge < -0.3 is 15.8 Å². The molecule has 5 nitrogen and oxygen atoms in total. The monoisotopic (exact) mass is 326 g/mol. The molecule has 3 N–H and O–H groups in total. The maximum absolute atomic E-state index is 12.5. The number of benzene rings is 2. The Hall–Kier alpha value is -2.82. The van der Waals surface area contributed by atoms with Crippen molar-refractivity contribution in [3.05, 3.63) is 65.2 Å². The van der Waals surface area contributed by atoms with Gasteiger partial charge in [-0.05, 0) is 41.8 Å². The lowest BCUT2D eigenvalue weighted by atomic mass is 9.95. The molecule has 0 fully saturated rings. The fourth-order valence-electron chi connectivity index (χ4n) is 2.48. The molecule has 1 unspecified atom stereocenters. The smallest absolute Gasteiger partial charge is 0.251 e. The molecular weight excluding hydrogens is 304 g/mol. The molecule has 1 atom stereocenters. The Morgan fingerprint density at radius 2 is 1.67 bits per heavy atom. The SMILES string of the molecule is COc1ccc(C(NC(=O)c2cccc(C(N)=O)c2)C(C)C)cc1. The third-order valence-corrected chi connectivity index (χ3v) is 3.84. The highest BCUT2D eigenvalue weighted by Crippen LogP contribution is 2.24. The highest BCUT2D eigenvalue weighted by atomic mass is 16.5. The van der Waals surface area contributed by atoms with Crippen LogP contribution in [-0.4, -0.2) is 18.9 Å². The van der Waals surface area contributed by atoms with E-state index in [2.05, 4.69) is 5.32 Å². The molecule has 2 aromatic rings. The lowest BCUT2D eigenvalue weighted by Gasteiger charge is -2.23. The standard InChI is InChI=1S/C19H22N2O3/c1-12(2)17(13-7-9-16(24-3)10-8-13)21-19(23)15-6-4-5-14(11-15)18(20)22/h4-12,17H,1-3H3,(H2,20,22)(H,21,23). The Balaban J connectivity index is 2.22. The van der Waals surface area contributed by atoms with Gasteiger partial charge in [-0.25, -0.2) is 0 Å². The van der Waals surface area contributed by atoms with Crippen LogP contribution in [0.3, 0.4) is 0 Å². The molecule has 0 radical (unpaired) electrons. The van der Waals surface area contributed by atoms with E-state index in [0.29, 0.717) is 11.1 Å². The molecule has 24 heavy (non-hydrogen) atoms. The summed E-state index contributed by atoms with van der Waals surface area (Å²) in [5.41, 5.74) is 6.98. The van der Waals surface area contributed by atoms with E-state index in [0.717, 1.165) is 11.3 Å². The fourth-order valence-corrected chi connectivity index (χ4v) is 2.48. The summed E-state index contributed by atoms with van der Waals surface area (Å²) < 4.78 is 5.16. The van der Waals surface area contributed by atoms with E-state index in [-0.39, 0.29) is 17.9 Å². The molecule has 0 saturated carbocycles. The molecule has 2 aromatic carbocycles. The molecule has 0 saturated heterocycles. The lowest BCUT2D eigenvalue weighted by Crippen LogP contribution is -2.32. The normalized spacial score (nSPS) is 11.8. The molecule has 0 aromatic heterocycles. The predicted octanol–water partition coefficient (Wildman–Crippen LogP) is 2.92. The molecule has 0 heterocycles. The van der Waals surface area contributed by atoms with Crippen LogP contribution in [0.15, 0.2) is 48.5 Å². The first-order chi connectivity index (χ1) is 11.4. The van der Waals surface area contributed by atoms with E-state index in [9.17, 15) is 9.59 Å². The van der Waals surface area contributed by atoms with Crippen molar-refractivity contribution in [2.24, 2.45) is 11.7 Å². The van der Waals surface area contributed by atoms with Gasteiger partial charge in [-0.3, -0.25) is 9.59 Å². The maximum atomic E-state index is 12.5. The molecule has 0 spiro atoms. The maximum Gasteiger partial charge on any atom is 0.251 e. The summed E-state index contributed by atoms with van der Waals surface area (Å²) in [5.74, 6) is 0.163. The summed E-state index contributed by atoms with van der Waals surface area (Å²) in [5, 5.41) is 3.02. The van der Waals surface area contributed by atoms with Crippen molar-refractivity contribution in [3.8, 4) is 5.75 Å². The first-order valence-corrected chi connectivity index (χ1v) is 7.77. The highest BCUT2D eigenvalue weighted by Gasteiger charge is 2.19. The molecule has 0 aliphatic rings. The Labute approximate surface area is 141 Å². The van der Waals surface area contributed by atoms with Gasteiger partial charge in [0.15, 0.2) is 0 Å². The second kappa shape index (κ2) is 7.64. The van der Waals surface area contributed by atoms with Crippen LogP contribution in [-0.2, 0) is 0 Å². The van der Waals surface area contributed by atoms with Gasteiger partial charge in [-0.1, -0.05) is 32.0 Å². The number of ether oxygens (including phenoxy) is 1. The second-order valence-electron chi connectivity index (χ2n) is 5.91. The number of nitrogens with two attached hydrogens (primary N) is 1. The first-order valence-electron chi connectivity index (χ1n) is 7.77. The summed E-state index contributed by atoms with van der Waals surface area (Å²) in [6, 6.07) is 13.8. The van der Waals surface area contributed by atoms with Gasteiger partial charge in [-0.2, -0.15) is 0 Å². The average Bonchev–Trinajstić information content (AvgIpc) is 2.59. The van der Waals surface area contributed by atoms with E-state index < -0.39 is 5.91 Å². The van der Waals surface area contributed by atoms with E-state index in [1.165, 1.54) is 6.07 Å². The average molecular weight is 326 g/mol. The van der Waals surface area contributed by atoms with Crippen molar-refractivity contribution in [1.82, 2.24) is 5.32 Å². The lowest BCUT2D eigenvalue weighted by molar-refractivity contribution is 0.0925. The summed E-state index contributed by atoms with van der Waals surface area (Å²) in [6.07, 6.45) is 0. The summed E-state index contributed by atoms with van der Waals surface area (Å²) in [4.78, 5) is 23.8. The number of hydrogen-bond acceptors (Lipinski definition) is 3. The zero-order valence-electron chi connectivity index (χ0n) is 14.1. The van der Waals surface area contributed by atoms with Crippen LogP contribution in [0.5, 0.6) is 5.75 Å². The largest absolute Gasteiger partial charge is 0.497 e. The van der Waals surface area contributed by atoms with E-state index in [1.54, 1.807) is 25.3 Å². The number of rotatable bonds is 6. The van der Waals surface area contributed by atoms with Crippen molar-refractivity contribution < 1.29 is 14.3 Å². The zero-order chi connectivity index (χ0) is 17.7. The number of primary amides is 1. The molecule has 5 heteroatoms. The van der Waals surface area contributed by atoms with Gasteiger partial charge in [0.05, 0.1) is 13.2 Å². The van der Waals surface area contributed by atoms with Gasteiger partial charge >= 0.3 is 0 Å². The molecule has 0 aliphatic carbocycles. The minimum atomic E-state index is -0.555. The van der Waals surface area contributed by atoms with E-state index in [1.807, 2.05) is 38.1 Å². The summed E-state index contributed by atoms with van der Waals surface area (Å²) in [6.45, 7) is 4.07. The molecule has 0 bridgehead atoms. The third kappa shape index (κ3) is 4.13. The fraction of sp³-hybridized carbons (Fsp3) is 0.263. The van der Waals surface area contributed by atoms with Gasteiger partial charge in [0.2, 0.25) is 5.91 Å². The first kappa shape index (κ1) is 17.5.